The third-order valence-electron chi connectivity index (χ3n) is 4.12. The van der Waals surface area contributed by atoms with E-state index < -0.39 is 5.97 Å². The zero-order valence-corrected chi connectivity index (χ0v) is 16.2. The summed E-state index contributed by atoms with van der Waals surface area (Å²) < 4.78 is 6.90. The van der Waals surface area contributed by atoms with Gasteiger partial charge in [0.05, 0.1) is 20.8 Å². The van der Waals surface area contributed by atoms with Crippen molar-refractivity contribution >= 4 is 44.3 Å². The third kappa shape index (κ3) is 3.67. The van der Waals surface area contributed by atoms with Gasteiger partial charge in [0, 0.05) is 5.56 Å². The number of rotatable bonds is 5. The summed E-state index contributed by atoms with van der Waals surface area (Å²) in [5.74, 6) is 0.0458. The van der Waals surface area contributed by atoms with Gasteiger partial charge in [-0.25, -0.2) is 9.78 Å². The Labute approximate surface area is 169 Å². The van der Waals surface area contributed by atoms with E-state index in [1.165, 1.54) is 23.5 Å². The number of para-hydroxylation sites is 1. The van der Waals surface area contributed by atoms with Crippen molar-refractivity contribution < 1.29 is 14.3 Å². The van der Waals surface area contributed by atoms with Gasteiger partial charge < -0.3 is 9.52 Å². The van der Waals surface area contributed by atoms with E-state index in [1.807, 2.05) is 31.2 Å². The monoisotopic (exact) mass is 411 g/mol. The van der Waals surface area contributed by atoms with Gasteiger partial charge in [0.15, 0.2) is 0 Å². The molecule has 4 aromatic rings. The van der Waals surface area contributed by atoms with E-state index in [0.29, 0.717) is 27.2 Å². The molecule has 8 heteroatoms. The number of thiazole rings is 1. The van der Waals surface area contributed by atoms with E-state index in [0.717, 1.165) is 10.2 Å². The third-order valence-corrected chi connectivity index (χ3v) is 5.37. The highest BCUT2D eigenvalue weighted by atomic mass is 35.5. The van der Waals surface area contributed by atoms with E-state index in [-0.39, 0.29) is 11.6 Å². The average molecular weight is 412 g/mol. The Morgan fingerprint density at radius 3 is 2.82 bits per heavy atom. The van der Waals surface area contributed by atoms with Crippen LogP contribution in [0.2, 0.25) is 5.02 Å². The Balaban J connectivity index is 1.57. The number of carboxylic acids is 1. The molecular formula is C20H14ClN3O3S. The largest absolute Gasteiger partial charge is 0.478 e. The maximum Gasteiger partial charge on any atom is 0.335 e. The molecule has 0 aliphatic heterocycles. The standard InChI is InChI=1S/C20H14ClN3O3S/c1-11(23-24-20-22-15-4-2-3-5-18(15)28-20)16-8-9-17(27-16)13-10-12(19(25)26)6-7-14(13)21/h2-11H,1H3,(H,25,26). The molecular weight excluding hydrogens is 398 g/mol. The summed E-state index contributed by atoms with van der Waals surface area (Å²) in [4.78, 5) is 15.6. The lowest BCUT2D eigenvalue weighted by atomic mass is 10.1. The average Bonchev–Trinajstić information content (AvgIpc) is 3.33. The van der Waals surface area contributed by atoms with Crippen LogP contribution in [0, 0.1) is 0 Å². The second-order valence-electron chi connectivity index (χ2n) is 6.06. The van der Waals surface area contributed by atoms with Crippen LogP contribution in [0.1, 0.15) is 29.1 Å². The van der Waals surface area contributed by atoms with Crippen molar-refractivity contribution in [1.82, 2.24) is 4.98 Å². The lowest BCUT2D eigenvalue weighted by molar-refractivity contribution is 0.0697. The summed E-state index contributed by atoms with van der Waals surface area (Å²) >= 11 is 7.67. The van der Waals surface area contributed by atoms with Gasteiger partial charge in [0.1, 0.15) is 17.6 Å². The smallest absolute Gasteiger partial charge is 0.335 e. The van der Waals surface area contributed by atoms with Gasteiger partial charge in [-0.1, -0.05) is 35.1 Å². The molecule has 2 heterocycles. The van der Waals surface area contributed by atoms with Crippen molar-refractivity contribution in [3.8, 4) is 11.3 Å². The van der Waals surface area contributed by atoms with Crippen LogP contribution in [0.3, 0.4) is 0 Å². The van der Waals surface area contributed by atoms with Gasteiger partial charge in [-0.15, -0.1) is 5.11 Å². The highest BCUT2D eigenvalue weighted by Crippen LogP contribution is 2.34. The number of azo groups is 1. The van der Waals surface area contributed by atoms with Crippen LogP contribution in [-0.4, -0.2) is 16.1 Å². The minimum atomic E-state index is -1.03. The number of furan rings is 1. The quantitative estimate of drug-likeness (QED) is 0.368. The zero-order chi connectivity index (χ0) is 19.7. The molecule has 1 N–H and O–H groups in total. The minimum Gasteiger partial charge on any atom is -0.478 e. The SMILES string of the molecule is CC(N=Nc1nc2ccccc2s1)c1ccc(-c2cc(C(=O)O)ccc2Cl)o1. The number of hydrogen-bond donors (Lipinski definition) is 1. The Morgan fingerprint density at radius 2 is 2.04 bits per heavy atom. The van der Waals surface area contributed by atoms with E-state index in [4.69, 9.17) is 21.1 Å². The van der Waals surface area contributed by atoms with Gasteiger partial charge in [-0.05, 0) is 49.4 Å². The summed E-state index contributed by atoms with van der Waals surface area (Å²) in [6.07, 6.45) is 0. The molecule has 6 nitrogen and oxygen atoms in total. The molecule has 0 spiro atoms. The molecule has 0 aliphatic carbocycles. The van der Waals surface area contributed by atoms with Crippen LogP contribution in [-0.2, 0) is 0 Å². The highest BCUT2D eigenvalue weighted by Gasteiger charge is 2.15. The van der Waals surface area contributed by atoms with Crippen LogP contribution in [0.4, 0.5) is 5.13 Å². The molecule has 1 unspecified atom stereocenters. The summed E-state index contributed by atoms with van der Waals surface area (Å²) in [5, 5.41) is 18.7. The number of nitrogens with zero attached hydrogens (tertiary/aromatic N) is 3. The maximum absolute atomic E-state index is 11.2. The van der Waals surface area contributed by atoms with Crippen molar-refractivity contribution in [2.45, 2.75) is 13.0 Å². The normalized spacial score (nSPS) is 12.6. The minimum absolute atomic E-state index is 0.140. The fourth-order valence-electron chi connectivity index (χ4n) is 2.66. The second-order valence-corrected chi connectivity index (χ2v) is 7.47. The first-order valence-electron chi connectivity index (χ1n) is 8.40. The van der Waals surface area contributed by atoms with E-state index >= 15 is 0 Å². The van der Waals surface area contributed by atoms with E-state index in [1.54, 1.807) is 18.2 Å². The number of hydrogen-bond acceptors (Lipinski definition) is 6. The molecule has 0 amide bonds. The van der Waals surface area contributed by atoms with Crippen LogP contribution in [0.15, 0.2) is 69.2 Å². The van der Waals surface area contributed by atoms with Crippen molar-refractivity contribution in [3.63, 3.8) is 0 Å². The number of benzene rings is 2. The molecule has 0 bridgehead atoms. The molecule has 2 aromatic carbocycles. The summed E-state index contributed by atoms with van der Waals surface area (Å²) in [6.45, 7) is 1.86. The second kappa shape index (κ2) is 7.53. The summed E-state index contributed by atoms with van der Waals surface area (Å²) in [6, 6.07) is 15.5. The zero-order valence-electron chi connectivity index (χ0n) is 14.7. The van der Waals surface area contributed by atoms with Crippen molar-refractivity contribution in [1.29, 1.82) is 0 Å². The number of carboxylic acid groups (broad SMARTS) is 1. The van der Waals surface area contributed by atoms with Gasteiger partial charge in [0.2, 0.25) is 5.13 Å². The fraction of sp³-hybridized carbons (Fsp3) is 0.100. The molecule has 0 fully saturated rings. The van der Waals surface area contributed by atoms with E-state index in [9.17, 15) is 4.79 Å². The first kappa shape index (κ1) is 18.3. The Morgan fingerprint density at radius 1 is 1.21 bits per heavy atom. The fourth-order valence-corrected chi connectivity index (χ4v) is 3.67. The molecule has 0 aliphatic rings. The Bertz CT molecular complexity index is 1170. The molecule has 0 radical (unpaired) electrons. The van der Waals surface area contributed by atoms with Crippen LogP contribution in [0.5, 0.6) is 0 Å². The van der Waals surface area contributed by atoms with Gasteiger partial charge >= 0.3 is 5.97 Å². The first-order valence-corrected chi connectivity index (χ1v) is 9.60. The molecule has 0 saturated heterocycles. The lowest BCUT2D eigenvalue weighted by Crippen LogP contribution is -1.96. The molecule has 140 valence electrons. The van der Waals surface area contributed by atoms with E-state index in [2.05, 4.69) is 15.2 Å². The van der Waals surface area contributed by atoms with Crippen molar-refractivity contribution in [3.05, 3.63) is 70.9 Å². The summed E-state index contributed by atoms with van der Waals surface area (Å²) in [7, 11) is 0. The number of fused-ring (bicyclic) bond motifs is 1. The van der Waals surface area contributed by atoms with Gasteiger partial charge in [-0.2, -0.15) is 5.11 Å². The first-order chi connectivity index (χ1) is 13.5. The molecule has 2 aromatic heterocycles. The molecule has 28 heavy (non-hydrogen) atoms. The summed E-state index contributed by atoms with van der Waals surface area (Å²) in [5.41, 5.74) is 1.55. The van der Waals surface area contributed by atoms with Gasteiger partial charge in [0.25, 0.3) is 0 Å². The van der Waals surface area contributed by atoms with Crippen molar-refractivity contribution in [2.75, 3.05) is 0 Å². The maximum atomic E-state index is 11.2. The Hall–Kier alpha value is -3.03. The topological polar surface area (TPSA) is 88.0 Å². The van der Waals surface area contributed by atoms with Crippen LogP contribution < -0.4 is 0 Å². The Kier molecular flexibility index (Phi) is 4.93. The lowest BCUT2D eigenvalue weighted by Gasteiger charge is -2.04. The number of carbonyl (C=O) groups is 1. The van der Waals surface area contributed by atoms with Gasteiger partial charge in [-0.3, -0.25) is 0 Å². The molecule has 4 rings (SSSR count). The van der Waals surface area contributed by atoms with Crippen molar-refractivity contribution in [2.24, 2.45) is 10.2 Å². The predicted molar refractivity (Wildman–Crippen MR) is 109 cm³/mol. The number of aromatic carboxylic acids is 1. The number of aromatic nitrogens is 1. The molecule has 0 saturated carbocycles. The molecule has 1 atom stereocenters. The van der Waals surface area contributed by atoms with Crippen LogP contribution in [0.25, 0.3) is 21.5 Å². The van der Waals surface area contributed by atoms with Crippen LogP contribution >= 0.6 is 22.9 Å². The number of halogens is 1. The predicted octanol–water partition coefficient (Wildman–Crippen LogP) is 6.75. The highest BCUT2D eigenvalue weighted by molar-refractivity contribution is 7.21.